The van der Waals surface area contributed by atoms with Gasteiger partial charge in [0, 0.05) is 12.7 Å². The minimum atomic E-state index is -4.66. The van der Waals surface area contributed by atoms with Crippen molar-refractivity contribution >= 4 is 43.5 Å². The Morgan fingerprint density at radius 2 is 1.82 bits per heavy atom. The maximum atomic E-state index is 12.4. The van der Waals surface area contributed by atoms with E-state index in [2.05, 4.69) is 20.3 Å². The van der Waals surface area contributed by atoms with Crippen molar-refractivity contribution in [1.82, 2.24) is 19.5 Å². The minimum Gasteiger partial charge on any atom is -0.364 e. The molecular weight excluding hydrogens is 560 g/mol. The molecule has 3 aromatic rings. The lowest BCUT2D eigenvalue weighted by molar-refractivity contribution is -0.196. The standard InChI is InChI=1S/C22H28ClN5O8P2/c1-22(2)35-16-14(8-9-37(29,30)12-38(31,32)33)34-20(17(16)36-22)28-11-25-15-18(26-21(23)27-19(15)28)24-10-13-6-4-3-5-7-13/h3-7,11,14,16-17,20H,8-10,12H2,1-2H3,(H,29,30)(H,24,26,27)(H2,31,32,33)/t14-,16+,17?,20-/m1/s1. The number of hydrogen-bond acceptors (Lipinski definition) is 9. The summed E-state index contributed by atoms with van der Waals surface area (Å²) in [6.07, 6.45) is -1.45. The number of nitrogens with zero attached hydrogens (tertiary/aromatic N) is 4. The van der Waals surface area contributed by atoms with Crippen molar-refractivity contribution in [3.05, 3.63) is 47.5 Å². The zero-order valence-corrected chi connectivity index (χ0v) is 23.1. The Balaban J connectivity index is 1.40. The van der Waals surface area contributed by atoms with Crippen LogP contribution in [0.3, 0.4) is 0 Å². The van der Waals surface area contributed by atoms with Crippen LogP contribution in [0.1, 0.15) is 32.1 Å². The molecule has 2 unspecified atom stereocenters. The first-order chi connectivity index (χ1) is 17.8. The normalized spacial score (nSPS) is 26.4. The highest BCUT2D eigenvalue weighted by Gasteiger charge is 2.56. The second-order valence-corrected chi connectivity index (χ2v) is 14.7. The van der Waals surface area contributed by atoms with Crippen LogP contribution < -0.4 is 5.32 Å². The summed E-state index contributed by atoms with van der Waals surface area (Å²) >= 11 is 6.26. The Morgan fingerprint density at radius 1 is 1.11 bits per heavy atom. The zero-order chi connectivity index (χ0) is 27.3. The molecule has 13 nitrogen and oxygen atoms in total. The third-order valence-electron chi connectivity index (χ3n) is 6.26. The van der Waals surface area contributed by atoms with E-state index in [1.54, 1.807) is 18.4 Å². The molecule has 4 heterocycles. The number of hydrogen-bond donors (Lipinski definition) is 4. The average Bonchev–Trinajstić information content (AvgIpc) is 3.46. The van der Waals surface area contributed by atoms with E-state index < -0.39 is 51.2 Å². The van der Waals surface area contributed by atoms with Crippen LogP contribution in [-0.4, -0.2) is 70.4 Å². The summed E-state index contributed by atoms with van der Waals surface area (Å²) in [6, 6.07) is 9.75. The van der Waals surface area contributed by atoms with E-state index in [0.717, 1.165) is 5.56 Å². The fourth-order valence-corrected chi connectivity index (χ4v) is 8.48. The van der Waals surface area contributed by atoms with Crippen LogP contribution in [0.25, 0.3) is 11.2 Å². The molecule has 4 N–H and O–H groups in total. The average molecular weight is 588 g/mol. The molecule has 5 rings (SSSR count). The molecule has 0 saturated carbocycles. The van der Waals surface area contributed by atoms with Gasteiger partial charge in [-0.05, 0) is 37.4 Å². The number of aromatic nitrogens is 4. The van der Waals surface area contributed by atoms with Gasteiger partial charge in [-0.15, -0.1) is 0 Å². The fourth-order valence-electron chi connectivity index (χ4n) is 4.78. The largest absolute Gasteiger partial charge is 0.364 e. The van der Waals surface area contributed by atoms with Gasteiger partial charge in [0.2, 0.25) is 12.7 Å². The van der Waals surface area contributed by atoms with Gasteiger partial charge in [-0.25, -0.2) is 4.98 Å². The Morgan fingerprint density at radius 3 is 2.53 bits per heavy atom. The van der Waals surface area contributed by atoms with Gasteiger partial charge in [-0.3, -0.25) is 13.7 Å². The second-order valence-electron chi connectivity index (χ2n) is 9.80. The number of anilines is 1. The molecule has 206 valence electrons. The lowest BCUT2D eigenvalue weighted by Crippen LogP contribution is -2.30. The molecule has 5 atom stereocenters. The molecule has 2 aromatic heterocycles. The highest BCUT2D eigenvalue weighted by atomic mass is 35.5. The van der Waals surface area contributed by atoms with Gasteiger partial charge in [0.05, 0.1) is 12.4 Å². The van der Waals surface area contributed by atoms with E-state index in [1.165, 1.54) is 6.33 Å². The first-order valence-electron chi connectivity index (χ1n) is 11.8. The van der Waals surface area contributed by atoms with E-state index in [1.807, 2.05) is 30.3 Å². The van der Waals surface area contributed by atoms with E-state index in [4.69, 9.17) is 35.6 Å². The van der Waals surface area contributed by atoms with Crippen LogP contribution >= 0.6 is 26.6 Å². The van der Waals surface area contributed by atoms with Crippen LogP contribution in [-0.2, 0) is 29.9 Å². The van der Waals surface area contributed by atoms with Crippen LogP contribution in [0.5, 0.6) is 0 Å². The summed E-state index contributed by atoms with van der Waals surface area (Å²) in [6.45, 7) is 3.99. The lowest BCUT2D eigenvalue weighted by Gasteiger charge is -2.25. The predicted molar refractivity (Wildman–Crippen MR) is 138 cm³/mol. The van der Waals surface area contributed by atoms with Crippen LogP contribution in [0, 0.1) is 0 Å². The van der Waals surface area contributed by atoms with Crippen LogP contribution in [0.15, 0.2) is 36.7 Å². The highest BCUT2D eigenvalue weighted by molar-refractivity contribution is 7.72. The van der Waals surface area contributed by atoms with Crippen molar-refractivity contribution in [3.8, 4) is 0 Å². The predicted octanol–water partition coefficient (Wildman–Crippen LogP) is 3.31. The summed E-state index contributed by atoms with van der Waals surface area (Å²) < 4.78 is 43.7. The molecule has 2 saturated heterocycles. The van der Waals surface area contributed by atoms with Crippen molar-refractivity contribution in [1.29, 1.82) is 0 Å². The number of fused-ring (bicyclic) bond motifs is 2. The molecule has 38 heavy (non-hydrogen) atoms. The Hall–Kier alpha value is -1.92. The zero-order valence-electron chi connectivity index (χ0n) is 20.5. The van der Waals surface area contributed by atoms with E-state index in [9.17, 15) is 14.0 Å². The monoisotopic (exact) mass is 587 g/mol. The molecule has 2 aliphatic heterocycles. The number of halogens is 1. The molecular formula is C22H28ClN5O8P2. The number of ether oxygens (including phenoxy) is 3. The Labute approximate surface area is 223 Å². The van der Waals surface area contributed by atoms with Crippen LogP contribution in [0.2, 0.25) is 5.28 Å². The fraction of sp³-hybridized carbons (Fsp3) is 0.500. The highest BCUT2D eigenvalue weighted by Crippen LogP contribution is 2.56. The van der Waals surface area contributed by atoms with Crippen molar-refractivity contribution < 1.29 is 38.0 Å². The number of nitrogens with one attached hydrogen (secondary N) is 1. The van der Waals surface area contributed by atoms with Crippen molar-refractivity contribution in [2.24, 2.45) is 0 Å². The summed E-state index contributed by atoms with van der Waals surface area (Å²) in [5, 5.41) is 3.24. The summed E-state index contributed by atoms with van der Waals surface area (Å²) in [5.74, 6) is -1.60. The van der Waals surface area contributed by atoms with Gasteiger partial charge < -0.3 is 34.2 Å². The molecule has 0 radical (unpaired) electrons. The summed E-state index contributed by atoms with van der Waals surface area (Å²) in [5.41, 5.74) is 1.90. The smallest absolute Gasteiger partial charge is 0.335 e. The van der Waals surface area contributed by atoms with E-state index >= 15 is 0 Å². The van der Waals surface area contributed by atoms with Gasteiger partial charge in [0.1, 0.15) is 18.1 Å². The quantitative estimate of drug-likeness (QED) is 0.212. The van der Waals surface area contributed by atoms with Gasteiger partial charge in [0.15, 0.2) is 29.0 Å². The topological polar surface area (TPSA) is 178 Å². The number of imidazole rings is 1. The molecule has 1 aromatic carbocycles. The summed E-state index contributed by atoms with van der Waals surface area (Å²) in [4.78, 5) is 41.6. The van der Waals surface area contributed by atoms with E-state index in [-0.39, 0.29) is 17.9 Å². The van der Waals surface area contributed by atoms with Gasteiger partial charge in [-0.1, -0.05) is 30.3 Å². The van der Waals surface area contributed by atoms with Crippen molar-refractivity contribution in [2.45, 2.75) is 57.1 Å². The maximum absolute atomic E-state index is 12.4. The number of rotatable bonds is 9. The maximum Gasteiger partial charge on any atom is 0.335 e. The van der Waals surface area contributed by atoms with Crippen molar-refractivity contribution in [3.63, 3.8) is 0 Å². The van der Waals surface area contributed by atoms with Gasteiger partial charge >= 0.3 is 7.60 Å². The Bertz CT molecular complexity index is 1420. The molecule has 0 bridgehead atoms. The van der Waals surface area contributed by atoms with Crippen LogP contribution in [0.4, 0.5) is 5.82 Å². The van der Waals surface area contributed by atoms with Gasteiger partial charge in [0.25, 0.3) is 0 Å². The Kier molecular flexibility index (Phi) is 7.45. The van der Waals surface area contributed by atoms with Gasteiger partial charge in [-0.2, -0.15) is 9.97 Å². The van der Waals surface area contributed by atoms with E-state index in [0.29, 0.717) is 23.5 Å². The van der Waals surface area contributed by atoms with Crippen molar-refractivity contribution in [2.75, 3.05) is 17.4 Å². The molecule has 0 aliphatic carbocycles. The minimum absolute atomic E-state index is 0.00323. The lowest BCUT2D eigenvalue weighted by atomic mass is 10.1. The molecule has 0 spiro atoms. The first-order valence-corrected chi connectivity index (χ1v) is 16.1. The third kappa shape index (κ3) is 6.12. The molecule has 0 amide bonds. The second kappa shape index (κ2) is 10.2. The molecule has 2 aliphatic rings. The third-order valence-corrected chi connectivity index (χ3v) is 10.6. The summed E-state index contributed by atoms with van der Waals surface area (Å²) in [7, 11) is -8.77. The number of benzene rings is 1. The SMILES string of the molecule is CC1(C)OC2[C@@H](O1)[C@@H](CCP(=O)(O)CP(=O)(O)O)O[C@H]2n1cnc2c(NCc3ccccc3)nc(Cl)nc21. The first kappa shape index (κ1) is 27.6. The molecule has 2 fully saturated rings. The molecule has 16 heteroatoms.